The zero-order valence-corrected chi connectivity index (χ0v) is 23.7. The van der Waals surface area contributed by atoms with Crippen LogP contribution in [0.15, 0.2) is 97.8 Å². The summed E-state index contributed by atoms with van der Waals surface area (Å²) in [4.78, 5) is 16.0. The Balaban J connectivity index is 1.04. The van der Waals surface area contributed by atoms with Gasteiger partial charge in [-0.2, -0.15) is 5.10 Å². The molecule has 2 N–H and O–H groups in total. The molecule has 7 rings (SSSR count). The quantitative estimate of drug-likeness (QED) is 0.248. The first-order valence-corrected chi connectivity index (χ1v) is 14.8. The van der Waals surface area contributed by atoms with Crippen LogP contribution in [0.2, 0.25) is 0 Å². The molecule has 1 aliphatic rings. The van der Waals surface area contributed by atoms with Crippen molar-refractivity contribution in [2.24, 2.45) is 0 Å². The van der Waals surface area contributed by atoms with E-state index in [0.717, 1.165) is 76.7 Å². The number of pyridine rings is 1. The third-order valence-electron chi connectivity index (χ3n) is 7.69. The molecule has 2 aromatic carbocycles. The highest BCUT2D eigenvalue weighted by molar-refractivity contribution is 7.18. The van der Waals surface area contributed by atoms with Gasteiger partial charge in [0, 0.05) is 66.7 Å². The first-order chi connectivity index (χ1) is 20.7. The van der Waals surface area contributed by atoms with Gasteiger partial charge in [-0.15, -0.1) is 10.2 Å². The summed E-state index contributed by atoms with van der Waals surface area (Å²) in [5.41, 5.74) is 14.1. The number of benzene rings is 2. The van der Waals surface area contributed by atoms with Crippen molar-refractivity contribution in [3.63, 3.8) is 0 Å². The van der Waals surface area contributed by atoms with Crippen molar-refractivity contribution in [2.75, 3.05) is 18.8 Å². The van der Waals surface area contributed by atoms with E-state index in [9.17, 15) is 0 Å². The monoisotopic (exact) mass is 571 g/mol. The number of anilines is 1. The molecule has 1 fully saturated rings. The SMILES string of the molecule is Nc1nnc(-c2cnc(-c3ccc(CN4CCC(n5cc(-c6cnccn6)cn5)CC4)cc3)c(-c3ccccc3)c2)s1. The second-order valence-electron chi connectivity index (χ2n) is 10.4. The van der Waals surface area contributed by atoms with Crippen LogP contribution in [0.3, 0.4) is 0 Å². The Morgan fingerprint density at radius 1 is 0.810 bits per heavy atom. The first-order valence-electron chi connectivity index (χ1n) is 14.0. The Bertz CT molecular complexity index is 1770. The van der Waals surface area contributed by atoms with Gasteiger partial charge in [-0.1, -0.05) is 65.9 Å². The maximum absolute atomic E-state index is 5.83. The minimum absolute atomic E-state index is 0.399. The van der Waals surface area contributed by atoms with E-state index in [4.69, 9.17) is 10.7 Å². The summed E-state index contributed by atoms with van der Waals surface area (Å²) in [6.07, 6.45) is 13.1. The van der Waals surface area contributed by atoms with Gasteiger partial charge < -0.3 is 5.73 Å². The number of rotatable bonds is 7. The molecule has 1 aliphatic heterocycles. The number of nitrogens with zero attached hydrogens (tertiary/aromatic N) is 8. The highest BCUT2D eigenvalue weighted by Crippen LogP contribution is 2.35. The van der Waals surface area contributed by atoms with Crippen molar-refractivity contribution in [1.82, 2.24) is 39.8 Å². The largest absolute Gasteiger partial charge is 0.374 e. The summed E-state index contributed by atoms with van der Waals surface area (Å²) in [5, 5.41) is 14.0. The molecule has 0 unspecified atom stereocenters. The fourth-order valence-electron chi connectivity index (χ4n) is 5.49. The number of likely N-dealkylation sites (tertiary alicyclic amines) is 1. The molecule has 6 aromatic rings. The van der Waals surface area contributed by atoms with Gasteiger partial charge in [0.1, 0.15) is 0 Å². The normalized spacial score (nSPS) is 14.3. The Kier molecular flexibility index (Phi) is 7.21. The molecule has 5 heterocycles. The molecule has 10 heteroatoms. The summed E-state index contributed by atoms with van der Waals surface area (Å²) in [7, 11) is 0. The average molecular weight is 572 g/mol. The van der Waals surface area contributed by atoms with Crippen molar-refractivity contribution >= 4 is 16.5 Å². The van der Waals surface area contributed by atoms with Crippen molar-refractivity contribution in [3.8, 4) is 44.2 Å². The van der Waals surface area contributed by atoms with Gasteiger partial charge in [0.2, 0.25) is 5.13 Å². The molecule has 1 saturated heterocycles. The fraction of sp³-hybridized carbons (Fsp3) is 0.188. The van der Waals surface area contributed by atoms with E-state index >= 15 is 0 Å². The van der Waals surface area contributed by atoms with Gasteiger partial charge in [-0.05, 0) is 30.0 Å². The van der Waals surface area contributed by atoms with Crippen LogP contribution >= 0.6 is 11.3 Å². The maximum Gasteiger partial charge on any atom is 0.203 e. The molecular formula is C32H29N9S. The average Bonchev–Trinajstić information content (AvgIpc) is 3.72. The van der Waals surface area contributed by atoms with Crippen molar-refractivity contribution in [2.45, 2.75) is 25.4 Å². The second-order valence-corrected chi connectivity index (χ2v) is 11.4. The van der Waals surface area contributed by atoms with Gasteiger partial charge in [0.15, 0.2) is 5.01 Å². The van der Waals surface area contributed by atoms with E-state index in [0.29, 0.717) is 11.2 Å². The topological polar surface area (TPSA) is 112 Å². The molecule has 9 nitrogen and oxygen atoms in total. The minimum atomic E-state index is 0.399. The Hall–Kier alpha value is -4.80. The summed E-state index contributed by atoms with van der Waals surface area (Å²) in [6, 6.07) is 21.7. The van der Waals surface area contributed by atoms with Crippen LogP contribution in [0, 0.1) is 0 Å². The smallest absolute Gasteiger partial charge is 0.203 e. The van der Waals surface area contributed by atoms with E-state index in [1.165, 1.54) is 16.9 Å². The van der Waals surface area contributed by atoms with Gasteiger partial charge in [-0.3, -0.25) is 24.5 Å². The van der Waals surface area contributed by atoms with Crippen LogP contribution in [0.4, 0.5) is 5.13 Å². The number of piperidine rings is 1. The number of nitrogens with two attached hydrogens (primary N) is 1. The lowest BCUT2D eigenvalue weighted by Crippen LogP contribution is -2.34. The highest BCUT2D eigenvalue weighted by Gasteiger charge is 2.22. The minimum Gasteiger partial charge on any atom is -0.374 e. The van der Waals surface area contributed by atoms with Gasteiger partial charge in [-0.25, -0.2) is 0 Å². The molecule has 0 amide bonds. The van der Waals surface area contributed by atoms with E-state index in [1.54, 1.807) is 18.6 Å². The van der Waals surface area contributed by atoms with E-state index < -0.39 is 0 Å². The summed E-state index contributed by atoms with van der Waals surface area (Å²) < 4.78 is 2.10. The van der Waals surface area contributed by atoms with Crippen LogP contribution < -0.4 is 5.73 Å². The molecule has 0 atom stereocenters. The molecule has 0 aliphatic carbocycles. The van der Waals surface area contributed by atoms with Gasteiger partial charge in [0.05, 0.1) is 29.8 Å². The molecule has 0 bridgehead atoms. The highest BCUT2D eigenvalue weighted by atomic mass is 32.1. The lowest BCUT2D eigenvalue weighted by Gasteiger charge is -2.32. The lowest BCUT2D eigenvalue weighted by molar-refractivity contribution is 0.173. The molecule has 42 heavy (non-hydrogen) atoms. The van der Waals surface area contributed by atoms with Crippen LogP contribution in [-0.4, -0.2) is 52.9 Å². The Morgan fingerprint density at radius 2 is 1.64 bits per heavy atom. The summed E-state index contributed by atoms with van der Waals surface area (Å²) >= 11 is 1.36. The first kappa shape index (κ1) is 26.1. The molecule has 0 radical (unpaired) electrons. The number of hydrogen-bond donors (Lipinski definition) is 1. The Morgan fingerprint density at radius 3 is 2.38 bits per heavy atom. The predicted molar refractivity (Wildman–Crippen MR) is 165 cm³/mol. The van der Waals surface area contributed by atoms with Gasteiger partial charge in [0.25, 0.3) is 0 Å². The summed E-state index contributed by atoms with van der Waals surface area (Å²) in [6.45, 7) is 2.99. The van der Waals surface area contributed by atoms with Crippen LogP contribution in [0.1, 0.15) is 24.4 Å². The molecule has 0 spiro atoms. The molecular weight excluding hydrogens is 542 g/mol. The fourth-order valence-corrected chi connectivity index (χ4v) is 6.08. The van der Waals surface area contributed by atoms with E-state index in [1.807, 2.05) is 30.6 Å². The predicted octanol–water partition coefficient (Wildman–Crippen LogP) is 6.01. The number of hydrogen-bond acceptors (Lipinski definition) is 9. The van der Waals surface area contributed by atoms with Crippen LogP contribution in [0.5, 0.6) is 0 Å². The lowest BCUT2D eigenvalue weighted by atomic mass is 9.97. The zero-order valence-electron chi connectivity index (χ0n) is 22.9. The van der Waals surface area contributed by atoms with Crippen molar-refractivity contribution < 1.29 is 0 Å². The molecule has 4 aromatic heterocycles. The maximum atomic E-state index is 5.83. The van der Waals surface area contributed by atoms with Crippen LogP contribution in [0.25, 0.3) is 44.2 Å². The third kappa shape index (κ3) is 5.54. The standard InChI is InChI=1S/C32H29N9S/c33-32-39-38-31(42-32)25-16-28(23-4-2-1-3-5-23)30(36-17-25)24-8-6-22(7-9-24)20-40-14-10-27(11-15-40)41-21-26(18-37-41)29-19-34-12-13-35-29/h1-9,12-13,16-19,21,27H,10-11,14-15,20H2,(H2,33,39). The zero-order chi connectivity index (χ0) is 28.3. The molecule has 208 valence electrons. The van der Waals surface area contributed by atoms with E-state index in [-0.39, 0.29) is 0 Å². The van der Waals surface area contributed by atoms with E-state index in [2.05, 4.69) is 83.5 Å². The number of nitrogen functional groups attached to an aromatic ring is 1. The Labute approximate surface area is 247 Å². The third-order valence-corrected chi connectivity index (χ3v) is 8.49. The second kappa shape index (κ2) is 11.6. The number of aromatic nitrogens is 7. The summed E-state index contributed by atoms with van der Waals surface area (Å²) in [5.74, 6) is 0. The van der Waals surface area contributed by atoms with Crippen molar-refractivity contribution in [1.29, 1.82) is 0 Å². The van der Waals surface area contributed by atoms with Crippen LogP contribution in [-0.2, 0) is 6.54 Å². The molecule has 0 saturated carbocycles. The van der Waals surface area contributed by atoms with Gasteiger partial charge >= 0.3 is 0 Å². The van der Waals surface area contributed by atoms with Crippen molar-refractivity contribution in [3.05, 3.63) is 103 Å².